The summed E-state index contributed by atoms with van der Waals surface area (Å²) in [6, 6.07) is 118. The highest BCUT2D eigenvalue weighted by molar-refractivity contribution is 6.03. The van der Waals surface area contributed by atoms with E-state index in [0.29, 0.717) is 0 Å². The van der Waals surface area contributed by atoms with Gasteiger partial charge in [-0.05, 0) is 172 Å². The zero-order valence-corrected chi connectivity index (χ0v) is 51.0. The van der Waals surface area contributed by atoms with Crippen LogP contribution in [0.25, 0.3) is 67.1 Å². The smallest absolute Gasteiger partial charge is 0.0714 e. The molecule has 0 aromatic heterocycles. The molecule has 0 radical (unpaired) electrons. The molecule has 3 aliphatic carbocycles. The molecule has 2 unspecified atom stereocenters. The Kier molecular flexibility index (Phi) is 12.4. The van der Waals surface area contributed by atoms with Gasteiger partial charge in [0.2, 0.25) is 0 Å². The van der Waals surface area contributed by atoms with Crippen molar-refractivity contribution in [3.05, 3.63) is 395 Å². The van der Waals surface area contributed by atoms with Crippen molar-refractivity contribution >= 4 is 67.8 Å². The molecule has 0 N–H and O–H groups in total. The molecule has 2 heteroatoms. The van der Waals surface area contributed by atoms with Crippen molar-refractivity contribution in [3.8, 4) is 33.4 Å². The second kappa shape index (κ2) is 20.9. The highest BCUT2D eigenvalue weighted by atomic mass is 15.2. The molecule has 14 aromatic carbocycles. The molecular formula is C89H64N2. The second-order valence-corrected chi connectivity index (χ2v) is 25.2. The summed E-state index contributed by atoms with van der Waals surface area (Å²) in [7, 11) is 0. The molecule has 0 saturated heterocycles. The van der Waals surface area contributed by atoms with Gasteiger partial charge in [0.1, 0.15) is 0 Å². The molecule has 91 heavy (non-hydrogen) atoms. The maximum atomic E-state index is 4.13. The van der Waals surface area contributed by atoms with Crippen molar-refractivity contribution < 1.29 is 0 Å². The summed E-state index contributed by atoms with van der Waals surface area (Å²) in [4.78, 5) is 5.04. The molecule has 0 amide bonds. The number of hydrogen-bond acceptors (Lipinski definition) is 2. The normalized spacial score (nSPS) is 16.1. The Morgan fingerprint density at radius 3 is 0.967 bits per heavy atom. The molecule has 14 aromatic rings. The number of nitrogens with zero attached hydrogens (tertiary/aromatic N) is 2. The van der Waals surface area contributed by atoms with Crippen LogP contribution in [0.5, 0.6) is 0 Å². The van der Waals surface area contributed by atoms with Crippen molar-refractivity contribution in [2.75, 3.05) is 9.80 Å². The SMILES string of the molecule is C=Cc1ccc(C2(c3ccccc3)c3ccccc3-c3ccc(N(c4ccc5c(c4)C(C)(C)c4cc(N(c6ccc7c(c6)C(c6ccccc6)(c6ccc(C=C)cc6)c6ccccc6-7)c6cccc7ccccc67)ccc4-5)c4cccc5ccccc45)cc32)cc1. The molecule has 0 aliphatic heterocycles. The molecule has 17 rings (SSSR count). The van der Waals surface area contributed by atoms with Crippen LogP contribution in [0.4, 0.5) is 34.1 Å². The standard InChI is InChI=1S/C89H64N2/c1-5-59-39-43-65(44-40-59)88(63-27-9-7-10-28-63)79-35-19-17-33-73(79)77-53-49-69(57-83(77)88)90(85-37-21-25-61-23-13-15-31-71(61)85)67-47-51-75-76-52-48-68(56-82(76)87(3,4)81(75)55-67)91(86-38-22-26-62-24-14-16-32-72(62)86)70-50-54-78-74-34-18-20-36-80(74)89(84(78)58-70,64-29-11-8-12-30-64)66-45-41-60(6-2)42-46-66/h5-58H,1-2H2,3-4H3. The van der Waals surface area contributed by atoms with Crippen LogP contribution >= 0.6 is 0 Å². The Balaban J connectivity index is 0.840. The molecule has 0 heterocycles. The number of rotatable bonds is 12. The summed E-state index contributed by atoms with van der Waals surface area (Å²) in [6.07, 6.45) is 3.86. The lowest BCUT2D eigenvalue weighted by Gasteiger charge is -2.35. The van der Waals surface area contributed by atoms with E-state index in [4.69, 9.17) is 0 Å². The van der Waals surface area contributed by atoms with Crippen molar-refractivity contribution in [2.24, 2.45) is 0 Å². The predicted molar refractivity (Wildman–Crippen MR) is 383 cm³/mol. The summed E-state index contributed by atoms with van der Waals surface area (Å²) in [5.41, 5.74) is 27.3. The van der Waals surface area contributed by atoms with Gasteiger partial charge in [-0.2, -0.15) is 0 Å². The lowest BCUT2D eigenvalue weighted by atomic mass is 9.67. The van der Waals surface area contributed by atoms with E-state index in [0.717, 1.165) is 45.3 Å². The van der Waals surface area contributed by atoms with Crippen molar-refractivity contribution in [1.82, 2.24) is 0 Å². The molecule has 0 spiro atoms. The molecule has 0 saturated carbocycles. The first kappa shape index (κ1) is 53.9. The first-order chi connectivity index (χ1) is 44.8. The fourth-order valence-corrected chi connectivity index (χ4v) is 16.2. The van der Waals surface area contributed by atoms with Gasteiger partial charge in [0.05, 0.1) is 22.2 Å². The molecule has 0 fully saturated rings. The summed E-state index contributed by atoms with van der Waals surface area (Å²) in [5.74, 6) is 0. The molecular weight excluding hydrogens is 1100 g/mol. The number of fused-ring (bicyclic) bond motifs is 11. The largest absolute Gasteiger partial charge is 0.310 e. The maximum Gasteiger partial charge on any atom is 0.0714 e. The monoisotopic (exact) mass is 1160 g/mol. The van der Waals surface area contributed by atoms with Gasteiger partial charge in [0, 0.05) is 38.9 Å². The third kappa shape index (κ3) is 7.99. The minimum absolute atomic E-state index is 0.398. The fraction of sp³-hybridized carbons (Fsp3) is 0.0562. The Morgan fingerprint density at radius 2 is 0.571 bits per heavy atom. The minimum Gasteiger partial charge on any atom is -0.310 e. The molecule has 2 atom stereocenters. The average molecular weight is 1160 g/mol. The Hall–Kier alpha value is -11.3. The summed E-state index contributed by atoms with van der Waals surface area (Å²) >= 11 is 0. The molecule has 3 aliphatic rings. The zero-order chi connectivity index (χ0) is 61.0. The topological polar surface area (TPSA) is 6.48 Å². The van der Waals surface area contributed by atoms with Gasteiger partial charge in [-0.1, -0.05) is 294 Å². The number of anilines is 6. The predicted octanol–water partition coefficient (Wildman–Crippen LogP) is 23.3. The number of benzene rings is 14. The second-order valence-electron chi connectivity index (χ2n) is 25.2. The Labute approximate surface area is 533 Å². The van der Waals surface area contributed by atoms with Crippen molar-refractivity contribution in [2.45, 2.75) is 30.1 Å². The van der Waals surface area contributed by atoms with Crippen LogP contribution in [-0.4, -0.2) is 0 Å². The van der Waals surface area contributed by atoms with Crippen molar-refractivity contribution in [1.29, 1.82) is 0 Å². The van der Waals surface area contributed by atoms with Crippen LogP contribution in [-0.2, 0) is 16.2 Å². The van der Waals surface area contributed by atoms with E-state index in [9.17, 15) is 0 Å². The number of hydrogen-bond donors (Lipinski definition) is 0. The van der Waals surface area contributed by atoms with Crippen LogP contribution in [0.1, 0.15) is 80.6 Å². The van der Waals surface area contributed by atoms with Crippen LogP contribution in [0.2, 0.25) is 0 Å². The quantitative estimate of drug-likeness (QED) is 0.120. The van der Waals surface area contributed by atoms with Gasteiger partial charge in [-0.3, -0.25) is 0 Å². The summed E-state index contributed by atoms with van der Waals surface area (Å²) < 4.78 is 0. The van der Waals surface area contributed by atoms with Gasteiger partial charge in [-0.15, -0.1) is 0 Å². The van der Waals surface area contributed by atoms with Crippen LogP contribution in [0, 0.1) is 0 Å². The maximum absolute atomic E-state index is 4.13. The van der Waals surface area contributed by atoms with Gasteiger partial charge in [-0.25, -0.2) is 0 Å². The average Bonchev–Trinajstić information content (AvgIpc) is 1.57. The Bertz CT molecular complexity index is 4910. The van der Waals surface area contributed by atoms with Gasteiger partial charge >= 0.3 is 0 Å². The third-order valence-electron chi connectivity index (χ3n) is 20.3. The highest BCUT2D eigenvalue weighted by Crippen LogP contribution is 2.61. The summed E-state index contributed by atoms with van der Waals surface area (Å²) in [6.45, 7) is 13.1. The van der Waals surface area contributed by atoms with E-state index in [1.54, 1.807) is 0 Å². The molecule has 2 nitrogen and oxygen atoms in total. The van der Waals surface area contributed by atoms with Gasteiger partial charge < -0.3 is 9.80 Å². The first-order valence-corrected chi connectivity index (χ1v) is 31.7. The van der Waals surface area contributed by atoms with E-state index in [-0.39, 0.29) is 0 Å². The van der Waals surface area contributed by atoms with E-state index in [1.807, 2.05) is 12.2 Å². The van der Waals surface area contributed by atoms with Crippen LogP contribution in [0.3, 0.4) is 0 Å². The van der Waals surface area contributed by atoms with Crippen LogP contribution in [0.15, 0.2) is 329 Å². The first-order valence-electron chi connectivity index (χ1n) is 31.7. The lowest BCUT2D eigenvalue weighted by Crippen LogP contribution is -2.28. The lowest BCUT2D eigenvalue weighted by molar-refractivity contribution is 0.660. The molecule has 430 valence electrons. The fourth-order valence-electron chi connectivity index (χ4n) is 16.2. The molecule has 0 bridgehead atoms. The third-order valence-corrected chi connectivity index (χ3v) is 20.3. The minimum atomic E-state index is -0.597. The van der Waals surface area contributed by atoms with E-state index >= 15 is 0 Å². The van der Waals surface area contributed by atoms with Crippen LogP contribution < -0.4 is 9.80 Å². The summed E-state index contributed by atoms with van der Waals surface area (Å²) in [5, 5.41) is 4.76. The van der Waals surface area contributed by atoms with Gasteiger partial charge in [0.25, 0.3) is 0 Å². The zero-order valence-electron chi connectivity index (χ0n) is 51.0. The van der Waals surface area contributed by atoms with Gasteiger partial charge in [0.15, 0.2) is 0 Å². The van der Waals surface area contributed by atoms with E-state index in [2.05, 4.69) is 352 Å². The van der Waals surface area contributed by atoms with Crippen molar-refractivity contribution in [3.63, 3.8) is 0 Å². The van der Waals surface area contributed by atoms with E-state index in [1.165, 1.54) is 111 Å². The highest BCUT2D eigenvalue weighted by Gasteiger charge is 2.48. The van der Waals surface area contributed by atoms with E-state index < -0.39 is 16.2 Å². The Morgan fingerprint density at radius 1 is 0.264 bits per heavy atom.